The predicted octanol–water partition coefficient (Wildman–Crippen LogP) is 4.51. The van der Waals surface area contributed by atoms with Crippen molar-refractivity contribution in [3.63, 3.8) is 0 Å². The molecule has 0 aliphatic carbocycles. The zero-order chi connectivity index (χ0) is 16.3. The molecule has 0 unspecified atom stereocenters. The van der Waals surface area contributed by atoms with E-state index < -0.39 is 15.8 Å². The number of rotatable bonds is 5. The molecule has 116 valence electrons. The van der Waals surface area contributed by atoms with Gasteiger partial charge in [0.25, 0.3) is 10.0 Å². The fraction of sp³-hybridized carbons (Fsp3) is 0.0667. The van der Waals surface area contributed by atoms with Crippen molar-refractivity contribution in [2.45, 2.75) is 4.90 Å². The maximum Gasteiger partial charge on any atom is 0.264 e. The molecule has 0 saturated heterocycles. The molecule has 0 aliphatic heterocycles. The van der Waals surface area contributed by atoms with E-state index in [4.69, 9.17) is 23.2 Å². The number of hydrogen-bond donors (Lipinski definition) is 0. The average Bonchev–Trinajstić information content (AvgIpc) is 2.48. The Morgan fingerprint density at radius 3 is 2.32 bits per heavy atom. The summed E-state index contributed by atoms with van der Waals surface area (Å²) in [4.78, 5) is 0.0687. The van der Waals surface area contributed by atoms with Crippen LogP contribution in [0.15, 0.2) is 60.0 Å². The molecule has 0 radical (unpaired) electrons. The SMILES string of the molecule is C=CCN(c1ccc(F)c(Cl)c1)S(=O)(=O)c1ccc(Cl)cc1. The van der Waals surface area contributed by atoms with Crippen LogP contribution in [0, 0.1) is 5.82 Å². The average molecular weight is 360 g/mol. The van der Waals surface area contributed by atoms with Gasteiger partial charge in [0, 0.05) is 5.02 Å². The molecule has 0 spiro atoms. The Labute approximate surface area is 138 Å². The van der Waals surface area contributed by atoms with Gasteiger partial charge in [0.15, 0.2) is 0 Å². The molecular weight excluding hydrogens is 348 g/mol. The maximum atomic E-state index is 13.3. The van der Waals surface area contributed by atoms with Gasteiger partial charge in [0.1, 0.15) is 5.82 Å². The molecule has 2 aromatic carbocycles. The quantitative estimate of drug-likeness (QED) is 0.736. The molecule has 0 atom stereocenters. The van der Waals surface area contributed by atoms with Crippen LogP contribution in [-0.4, -0.2) is 15.0 Å². The van der Waals surface area contributed by atoms with E-state index in [9.17, 15) is 12.8 Å². The number of nitrogens with zero attached hydrogens (tertiary/aromatic N) is 1. The van der Waals surface area contributed by atoms with Gasteiger partial charge in [0.2, 0.25) is 0 Å². The highest BCUT2D eigenvalue weighted by Crippen LogP contribution is 2.28. The second-order valence-electron chi connectivity index (χ2n) is 4.38. The molecule has 0 amide bonds. The fourth-order valence-electron chi connectivity index (χ4n) is 1.83. The predicted molar refractivity (Wildman–Crippen MR) is 87.6 cm³/mol. The summed E-state index contributed by atoms with van der Waals surface area (Å²) < 4.78 is 39.8. The molecular formula is C15H12Cl2FNO2S. The third-order valence-electron chi connectivity index (χ3n) is 2.89. The lowest BCUT2D eigenvalue weighted by Gasteiger charge is -2.23. The highest BCUT2D eigenvalue weighted by Gasteiger charge is 2.24. The molecule has 22 heavy (non-hydrogen) atoms. The Hall–Kier alpha value is -1.56. The van der Waals surface area contributed by atoms with Gasteiger partial charge in [-0.15, -0.1) is 6.58 Å². The van der Waals surface area contributed by atoms with Crippen LogP contribution in [0.5, 0.6) is 0 Å². The number of anilines is 1. The lowest BCUT2D eigenvalue weighted by atomic mass is 10.3. The largest absolute Gasteiger partial charge is 0.264 e. The van der Waals surface area contributed by atoms with Crippen molar-refractivity contribution in [1.82, 2.24) is 0 Å². The monoisotopic (exact) mass is 359 g/mol. The Balaban J connectivity index is 2.52. The van der Waals surface area contributed by atoms with E-state index in [-0.39, 0.29) is 22.2 Å². The van der Waals surface area contributed by atoms with Crippen molar-refractivity contribution in [3.05, 3.63) is 71.0 Å². The van der Waals surface area contributed by atoms with E-state index in [1.165, 1.54) is 42.5 Å². The van der Waals surface area contributed by atoms with Gasteiger partial charge < -0.3 is 0 Å². The second kappa shape index (κ2) is 6.69. The summed E-state index contributed by atoms with van der Waals surface area (Å²) in [5.41, 5.74) is 0.251. The molecule has 2 rings (SSSR count). The number of halogens is 3. The second-order valence-corrected chi connectivity index (χ2v) is 7.08. The number of benzene rings is 2. The smallest absolute Gasteiger partial charge is 0.262 e. The zero-order valence-electron chi connectivity index (χ0n) is 11.3. The van der Waals surface area contributed by atoms with Crippen molar-refractivity contribution < 1.29 is 12.8 Å². The Morgan fingerprint density at radius 2 is 1.77 bits per heavy atom. The molecule has 0 bridgehead atoms. The summed E-state index contributed by atoms with van der Waals surface area (Å²) in [5.74, 6) is -0.618. The molecule has 0 saturated carbocycles. The lowest BCUT2D eigenvalue weighted by molar-refractivity contribution is 0.592. The van der Waals surface area contributed by atoms with Gasteiger partial charge in [-0.2, -0.15) is 0 Å². The van der Waals surface area contributed by atoms with Crippen LogP contribution in [-0.2, 0) is 10.0 Å². The third kappa shape index (κ3) is 3.43. The summed E-state index contributed by atoms with van der Waals surface area (Å²) in [6, 6.07) is 9.49. The summed E-state index contributed by atoms with van der Waals surface area (Å²) >= 11 is 11.5. The molecule has 2 aromatic rings. The minimum Gasteiger partial charge on any atom is -0.262 e. The lowest BCUT2D eigenvalue weighted by Crippen LogP contribution is -2.31. The first-order chi connectivity index (χ1) is 10.4. The third-order valence-corrected chi connectivity index (χ3v) is 5.24. The van der Waals surface area contributed by atoms with E-state index >= 15 is 0 Å². The zero-order valence-corrected chi connectivity index (χ0v) is 13.7. The minimum absolute atomic E-state index is 0.0208. The van der Waals surface area contributed by atoms with E-state index in [1.54, 1.807) is 0 Å². The van der Waals surface area contributed by atoms with Crippen LogP contribution in [0.3, 0.4) is 0 Å². The van der Waals surface area contributed by atoms with Crippen LogP contribution in [0.25, 0.3) is 0 Å². The Kier molecular flexibility index (Phi) is 5.11. The maximum absolute atomic E-state index is 13.3. The van der Waals surface area contributed by atoms with Crippen molar-refractivity contribution in [2.75, 3.05) is 10.8 Å². The van der Waals surface area contributed by atoms with Gasteiger partial charge in [-0.3, -0.25) is 4.31 Å². The standard InChI is InChI=1S/C15H12Cl2FNO2S/c1-2-9-19(12-5-8-15(18)14(17)10-12)22(20,21)13-6-3-11(16)4-7-13/h2-8,10H,1,9H2. The molecule has 0 aliphatic rings. The number of sulfonamides is 1. The highest BCUT2D eigenvalue weighted by atomic mass is 35.5. The molecule has 0 aromatic heterocycles. The fourth-order valence-corrected chi connectivity index (χ4v) is 3.56. The first kappa shape index (κ1) is 16.8. The van der Waals surface area contributed by atoms with Crippen molar-refractivity contribution >= 4 is 38.9 Å². The molecule has 3 nitrogen and oxygen atoms in total. The normalized spacial score (nSPS) is 11.2. The summed E-state index contributed by atoms with van der Waals surface area (Å²) in [6.07, 6.45) is 1.44. The highest BCUT2D eigenvalue weighted by molar-refractivity contribution is 7.92. The minimum atomic E-state index is -3.84. The van der Waals surface area contributed by atoms with Crippen molar-refractivity contribution in [2.24, 2.45) is 0 Å². The van der Waals surface area contributed by atoms with Crippen LogP contribution in [0.1, 0.15) is 0 Å². The summed E-state index contributed by atoms with van der Waals surface area (Å²) in [5, 5.41) is 0.275. The molecule has 0 N–H and O–H groups in total. The Bertz CT molecular complexity index is 792. The van der Waals surface area contributed by atoms with Gasteiger partial charge in [-0.1, -0.05) is 29.3 Å². The number of hydrogen-bond acceptors (Lipinski definition) is 2. The first-order valence-corrected chi connectivity index (χ1v) is 8.40. The first-order valence-electron chi connectivity index (χ1n) is 6.20. The van der Waals surface area contributed by atoms with Crippen LogP contribution >= 0.6 is 23.2 Å². The van der Waals surface area contributed by atoms with Crippen molar-refractivity contribution in [1.29, 1.82) is 0 Å². The van der Waals surface area contributed by atoms with Crippen LogP contribution in [0.2, 0.25) is 10.0 Å². The topological polar surface area (TPSA) is 37.4 Å². The van der Waals surface area contributed by atoms with E-state index in [0.29, 0.717) is 5.02 Å². The van der Waals surface area contributed by atoms with Crippen LogP contribution < -0.4 is 4.31 Å². The van der Waals surface area contributed by atoms with E-state index in [1.807, 2.05) is 0 Å². The van der Waals surface area contributed by atoms with Gasteiger partial charge in [0.05, 0.1) is 22.2 Å². The molecule has 7 heteroatoms. The van der Waals surface area contributed by atoms with Crippen LogP contribution in [0.4, 0.5) is 10.1 Å². The van der Waals surface area contributed by atoms with Gasteiger partial charge in [-0.25, -0.2) is 12.8 Å². The van der Waals surface area contributed by atoms with Gasteiger partial charge in [-0.05, 0) is 42.5 Å². The van der Waals surface area contributed by atoms with Gasteiger partial charge >= 0.3 is 0 Å². The molecule has 0 heterocycles. The summed E-state index contributed by atoms with van der Waals surface area (Å²) in [7, 11) is -3.84. The molecule has 0 fully saturated rings. The van der Waals surface area contributed by atoms with E-state index in [0.717, 1.165) is 10.4 Å². The van der Waals surface area contributed by atoms with Crippen molar-refractivity contribution in [3.8, 4) is 0 Å². The Morgan fingerprint density at radius 1 is 1.14 bits per heavy atom. The van der Waals surface area contributed by atoms with E-state index in [2.05, 4.69) is 6.58 Å². The summed E-state index contributed by atoms with van der Waals surface area (Å²) in [6.45, 7) is 3.57.